The van der Waals surface area contributed by atoms with Crippen molar-refractivity contribution >= 4 is 5.97 Å². The predicted octanol–water partition coefficient (Wildman–Crippen LogP) is 17.3. The van der Waals surface area contributed by atoms with Crippen LogP contribution in [0.2, 0.25) is 0 Å². The molecule has 0 amide bonds. The molecule has 4 nitrogen and oxygen atoms in total. The van der Waals surface area contributed by atoms with Gasteiger partial charge in [-0.2, -0.15) is 0 Å². The van der Waals surface area contributed by atoms with Crippen molar-refractivity contribution in [2.45, 2.75) is 251 Å². The lowest BCUT2D eigenvalue weighted by molar-refractivity contribution is -0.154. The summed E-state index contributed by atoms with van der Waals surface area (Å²) in [5.74, 6) is -0.203. The topological polar surface area (TPSA) is 55.8 Å². The second-order valence-electron chi connectivity index (χ2n) is 16.9. The van der Waals surface area contributed by atoms with E-state index in [4.69, 9.17) is 9.47 Å². The zero-order chi connectivity index (χ0) is 42.6. The fourth-order valence-corrected chi connectivity index (χ4v) is 7.23. The molecule has 0 heterocycles. The standard InChI is InChI=1S/C55H98O4/c1-3-5-7-9-11-13-15-17-19-21-23-25-27-29-31-33-35-37-39-41-43-45-47-49-51-58-53-54(52-56)59-55(57)50-48-46-44-42-40-38-36-34-32-30-28-26-24-22-20-18-16-14-12-10-8-6-4-2/h5,7,11,13,16-19,22-25,54,56H,3-4,6,8-10,12,14-15,20-21,26-53H2,1-2H3/b7-5-,13-11-,18-16-,19-17-,24-22-,25-23-. The van der Waals surface area contributed by atoms with E-state index in [0.29, 0.717) is 19.6 Å². The van der Waals surface area contributed by atoms with Gasteiger partial charge < -0.3 is 14.6 Å². The van der Waals surface area contributed by atoms with Crippen LogP contribution in [0.5, 0.6) is 0 Å². The summed E-state index contributed by atoms with van der Waals surface area (Å²) in [6.45, 7) is 5.23. The van der Waals surface area contributed by atoms with Crippen LogP contribution in [0.4, 0.5) is 0 Å². The fourth-order valence-electron chi connectivity index (χ4n) is 7.23. The van der Waals surface area contributed by atoms with Crippen LogP contribution in [0.15, 0.2) is 72.9 Å². The SMILES string of the molecule is CC/C=C\C/C=C\C/C=C\C/C=C\CCCCCCCCCCCCCOCC(CO)OC(=O)CCCCCCCCCCCCC/C=C\C/C=C\CCCCCCC. The summed E-state index contributed by atoms with van der Waals surface area (Å²) in [5, 5.41) is 9.66. The normalized spacial score (nSPS) is 12.9. The summed E-state index contributed by atoms with van der Waals surface area (Å²) >= 11 is 0. The molecule has 0 saturated carbocycles. The number of aliphatic hydroxyl groups is 1. The molecule has 0 saturated heterocycles. The minimum Gasteiger partial charge on any atom is -0.457 e. The first-order valence-corrected chi connectivity index (χ1v) is 25.5. The molecule has 0 aliphatic carbocycles. The smallest absolute Gasteiger partial charge is 0.306 e. The predicted molar refractivity (Wildman–Crippen MR) is 260 cm³/mol. The van der Waals surface area contributed by atoms with Crippen LogP contribution in [0, 0.1) is 0 Å². The van der Waals surface area contributed by atoms with E-state index >= 15 is 0 Å². The first-order valence-electron chi connectivity index (χ1n) is 25.5. The summed E-state index contributed by atoms with van der Waals surface area (Å²) < 4.78 is 11.2. The van der Waals surface area contributed by atoms with Crippen LogP contribution in [0.1, 0.15) is 245 Å². The van der Waals surface area contributed by atoms with E-state index in [2.05, 4.69) is 86.8 Å². The van der Waals surface area contributed by atoms with Gasteiger partial charge in [0.1, 0.15) is 6.10 Å². The molecule has 0 aromatic heterocycles. The van der Waals surface area contributed by atoms with E-state index in [1.165, 1.54) is 173 Å². The number of carbonyl (C=O) groups is 1. The van der Waals surface area contributed by atoms with Crippen LogP contribution in [0.3, 0.4) is 0 Å². The third-order valence-corrected chi connectivity index (χ3v) is 11.0. The summed E-state index contributed by atoms with van der Waals surface area (Å²) in [5.41, 5.74) is 0. The van der Waals surface area contributed by atoms with Gasteiger partial charge in [0.15, 0.2) is 0 Å². The van der Waals surface area contributed by atoms with Crippen molar-refractivity contribution in [3.63, 3.8) is 0 Å². The van der Waals surface area contributed by atoms with Crippen molar-refractivity contribution in [3.8, 4) is 0 Å². The number of rotatable bonds is 47. The third-order valence-electron chi connectivity index (χ3n) is 11.0. The Kier molecular flexibility index (Phi) is 50.1. The van der Waals surface area contributed by atoms with Gasteiger partial charge in [-0.05, 0) is 83.5 Å². The number of hydrogen-bond acceptors (Lipinski definition) is 4. The maximum absolute atomic E-state index is 12.3. The van der Waals surface area contributed by atoms with E-state index in [1.54, 1.807) is 0 Å². The van der Waals surface area contributed by atoms with Crippen molar-refractivity contribution in [2.24, 2.45) is 0 Å². The van der Waals surface area contributed by atoms with Crippen molar-refractivity contribution in [1.82, 2.24) is 0 Å². The Morgan fingerprint density at radius 3 is 1.15 bits per heavy atom. The Hall–Kier alpha value is -2.17. The Morgan fingerprint density at radius 2 is 0.763 bits per heavy atom. The van der Waals surface area contributed by atoms with Crippen LogP contribution in [-0.4, -0.2) is 37.0 Å². The van der Waals surface area contributed by atoms with Gasteiger partial charge in [-0.25, -0.2) is 0 Å². The summed E-state index contributed by atoms with van der Waals surface area (Å²) in [7, 11) is 0. The third kappa shape index (κ3) is 50.1. The monoisotopic (exact) mass is 823 g/mol. The van der Waals surface area contributed by atoms with E-state index in [0.717, 1.165) is 51.4 Å². The van der Waals surface area contributed by atoms with E-state index in [1.807, 2.05) is 0 Å². The number of unbranched alkanes of at least 4 members (excludes halogenated alkanes) is 27. The number of allylic oxidation sites excluding steroid dienone is 12. The molecule has 0 radical (unpaired) electrons. The Labute approximate surface area is 367 Å². The van der Waals surface area contributed by atoms with Gasteiger partial charge in [-0.1, -0.05) is 228 Å². The van der Waals surface area contributed by atoms with Gasteiger partial charge in [0.2, 0.25) is 0 Å². The van der Waals surface area contributed by atoms with Crippen LogP contribution >= 0.6 is 0 Å². The maximum atomic E-state index is 12.3. The van der Waals surface area contributed by atoms with Crippen molar-refractivity contribution in [2.75, 3.05) is 19.8 Å². The number of carbonyl (C=O) groups excluding carboxylic acids is 1. The van der Waals surface area contributed by atoms with Gasteiger partial charge in [0.25, 0.3) is 0 Å². The maximum Gasteiger partial charge on any atom is 0.306 e. The van der Waals surface area contributed by atoms with Crippen molar-refractivity contribution in [3.05, 3.63) is 72.9 Å². The highest BCUT2D eigenvalue weighted by Crippen LogP contribution is 2.15. The quantitative estimate of drug-likeness (QED) is 0.0377. The highest BCUT2D eigenvalue weighted by Gasteiger charge is 2.13. The first kappa shape index (κ1) is 56.8. The Balaban J connectivity index is 3.43. The zero-order valence-electron chi connectivity index (χ0n) is 39.3. The lowest BCUT2D eigenvalue weighted by atomic mass is 10.0. The van der Waals surface area contributed by atoms with Gasteiger partial charge in [0, 0.05) is 13.0 Å². The molecule has 0 fully saturated rings. The molecule has 1 N–H and O–H groups in total. The van der Waals surface area contributed by atoms with E-state index in [9.17, 15) is 9.90 Å². The van der Waals surface area contributed by atoms with Gasteiger partial charge in [-0.3, -0.25) is 4.79 Å². The summed E-state index contributed by atoms with van der Waals surface area (Å²) in [6, 6.07) is 0. The molecule has 4 heteroatoms. The molecule has 0 aliphatic heterocycles. The largest absolute Gasteiger partial charge is 0.457 e. The molecule has 0 aromatic rings. The van der Waals surface area contributed by atoms with Crippen LogP contribution in [-0.2, 0) is 14.3 Å². The summed E-state index contributed by atoms with van der Waals surface area (Å²) in [6.07, 6.45) is 71.3. The van der Waals surface area contributed by atoms with Gasteiger partial charge in [-0.15, -0.1) is 0 Å². The average Bonchev–Trinajstić information content (AvgIpc) is 3.24. The lowest BCUT2D eigenvalue weighted by Crippen LogP contribution is -2.27. The molecule has 0 spiro atoms. The van der Waals surface area contributed by atoms with Crippen LogP contribution < -0.4 is 0 Å². The molecule has 1 atom stereocenters. The molecular weight excluding hydrogens is 725 g/mol. The molecule has 342 valence electrons. The number of hydrogen-bond donors (Lipinski definition) is 1. The highest BCUT2D eigenvalue weighted by molar-refractivity contribution is 5.69. The number of ether oxygens (including phenoxy) is 2. The van der Waals surface area contributed by atoms with Gasteiger partial charge >= 0.3 is 5.97 Å². The highest BCUT2D eigenvalue weighted by atomic mass is 16.6. The molecule has 1 unspecified atom stereocenters. The second-order valence-corrected chi connectivity index (χ2v) is 16.9. The fraction of sp³-hybridized carbons (Fsp3) is 0.764. The second kappa shape index (κ2) is 52.0. The number of aliphatic hydroxyl groups excluding tert-OH is 1. The number of esters is 1. The van der Waals surface area contributed by atoms with Gasteiger partial charge in [0.05, 0.1) is 13.2 Å². The molecule has 0 aliphatic rings. The van der Waals surface area contributed by atoms with Crippen LogP contribution in [0.25, 0.3) is 0 Å². The zero-order valence-corrected chi connectivity index (χ0v) is 39.3. The minimum atomic E-state index is -0.541. The minimum absolute atomic E-state index is 0.175. The average molecular weight is 823 g/mol. The lowest BCUT2D eigenvalue weighted by Gasteiger charge is -2.16. The molecule has 0 rings (SSSR count). The molecule has 0 bridgehead atoms. The van der Waals surface area contributed by atoms with Crippen molar-refractivity contribution < 1.29 is 19.4 Å². The Morgan fingerprint density at radius 1 is 0.424 bits per heavy atom. The molecular formula is C55H98O4. The first-order chi connectivity index (χ1) is 29.2. The Bertz CT molecular complexity index is 1000. The summed E-state index contributed by atoms with van der Waals surface area (Å²) in [4.78, 5) is 12.3. The van der Waals surface area contributed by atoms with Crippen molar-refractivity contribution in [1.29, 1.82) is 0 Å². The molecule has 59 heavy (non-hydrogen) atoms. The molecule has 0 aromatic carbocycles. The van der Waals surface area contributed by atoms with E-state index in [-0.39, 0.29) is 12.6 Å². The van der Waals surface area contributed by atoms with E-state index < -0.39 is 6.10 Å².